The lowest BCUT2D eigenvalue weighted by molar-refractivity contribution is -0.123. The lowest BCUT2D eigenvalue weighted by atomic mass is 10.2. The second-order valence-corrected chi connectivity index (χ2v) is 4.83. The number of amides is 1. The van der Waals surface area contributed by atoms with Crippen molar-refractivity contribution in [2.24, 2.45) is 5.10 Å². The summed E-state index contributed by atoms with van der Waals surface area (Å²) in [4.78, 5) is 11.7. The number of nitrogens with zero attached hydrogens (tertiary/aromatic N) is 2. The van der Waals surface area contributed by atoms with Crippen LogP contribution in [0.4, 0.5) is 0 Å². The zero-order chi connectivity index (χ0) is 18.1. The van der Waals surface area contributed by atoms with Crippen molar-refractivity contribution in [1.29, 1.82) is 5.26 Å². The molecular formula is C18H17N3O4. The van der Waals surface area contributed by atoms with Gasteiger partial charge < -0.3 is 14.2 Å². The predicted molar refractivity (Wildman–Crippen MR) is 91.9 cm³/mol. The van der Waals surface area contributed by atoms with Gasteiger partial charge in [-0.2, -0.15) is 10.4 Å². The number of nitrogens with one attached hydrogen (secondary N) is 1. The normalized spacial score (nSPS) is 10.1. The highest BCUT2D eigenvalue weighted by atomic mass is 16.5. The number of hydrogen-bond acceptors (Lipinski definition) is 6. The van der Waals surface area contributed by atoms with E-state index in [-0.39, 0.29) is 6.61 Å². The van der Waals surface area contributed by atoms with Crippen molar-refractivity contribution < 1.29 is 19.0 Å². The fourth-order valence-corrected chi connectivity index (χ4v) is 1.92. The van der Waals surface area contributed by atoms with Gasteiger partial charge in [-0.25, -0.2) is 5.43 Å². The summed E-state index contributed by atoms with van der Waals surface area (Å²) < 4.78 is 15.6. The van der Waals surface area contributed by atoms with E-state index in [4.69, 9.17) is 19.5 Å². The number of hydrazone groups is 1. The van der Waals surface area contributed by atoms with Gasteiger partial charge in [-0.1, -0.05) is 0 Å². The number of methoxy groups -OCH3 is 2. The molecule has 0 aliphatic carbocycles. The third-order valence-electron chi connectivity index (χ3n) is 3.16. The summed E-state index contributed by atoms with van der Waals surface area (Å²) in [6, 6.07) is 13.7. The lowest BCUT2D eigenvalue weighted by Crippen LogP contribution is -2.24. The van der Waals surface area contributed by atoms with Gasteiger partial charge in [0.05, 0.1) is 32.1 Å². The summed E-state index contributed by atoms with van der Waals surface area (Å²) in [5, 5.41) is 12.6. The number of ether oxygens (including phenoxy) is 3. The van der Waals surface area contributed by atoms with E-state index in [1.54, 1.807) is 56.7 Å². The Balaban J connectivity index is 1.84. The fraction of sp³-hybridized carbons (Fsp3) is 0.167. The summed E-state index contributed by atoms with van der Waals surface area (Å²) >= 11 is 0. The van der Waals surface area contributed by atoms with E-state index < -0.39 is 5.91 Å². The van der Waals surface area contributed by atoms with Gasteiger partial charge in [-0.3, -0.25) is 4.79 Å². The van der Waals surface area contributed by atoms with Crippen LogP contribution < -0.4 is 19.6 Å². The van der Waals surface area contributed by atoms with Crippen molar-refractivity contribution in [1.82, 2.24) is 5.43 Å². The van der Waals surface area contributed by atoms with Gasteiger partial charge in [0.1, 0.15) is 5.75 Å². The molecule has 0 fully saturated rings. The van der Waals surface area contributed by atoms with Crippen LogP contribution in [-0.4, -0.2) is 32.9 Å². The summed E-state index contributed by atoms with van der Waals surface area (Å²) in [6.07, 6.45) is 1.49. The van der Waals surface area contributed by atoms with E-state index in [1.165, 1.54) is 6.21 Å². The molecule has 0 aromatic heterocycles. The standard InChI is InChI=1S/C18H17N3O4/c1-23-16-8-5-14(9-17(16)24-2)11-20-21-18(22)12-25-15-6-3-13(10-19)4-7-15/h3-9,11H,12H2,1-2H3,(H,21,22)/b20-11+. The minimum Gasteiger partial charge on any atom is -0.493 e. The highest BCUT2D eigenvalue weighted by molar-refractivity contribution is 5.83. The van der Waals surface area contributed by atoms with Crippen LogP contribution in [-0.2, 0) is 4.79 Å². The Morgan fingerprint density at radius 3 is 2.52 bits per heavy atom. The highest BCUT2D eigenvalue weighted by Gasteiger charge is 2.04. The van der Waals surface area contributed by atoms with Crippen LogP contribution in [0.25, 0.3) is 0 Å². The molecule has 0 spiro atoms. The number of benzene rings is 2. The number of carbonyl (C=O) groups is 1. The van der Waals surface area contributed by atoms with Gasteiger partial charge in [0.15, 0.2) is 18.1 Å². The molecule has 1 amide bonds. The van der Waals surface area contributed by atoms with Crippen molar-refractivity contribution in [3.8, 4) is 23.3 Å². The Bertz CT molecular complexity index is 795. The van der Waals surface area contributed by atoms with Crippen molar-refractivity contribution >= 4 is 12.1 Å². The second kappa shape index (κ2) is 8.93. The molecule has 0 atom stereocenters. The van der Waals surface area contributed by atoms with Crippen molar-refractivity contribution in [3.63, 3.8) is 0 Å². The molecule has 7 nitrogen and oxygen atoms in total. The van der Waals surface area contributed by atoms with Gasteiger partial charge in [-0.05, 0) is 48.0 Å². The Labute approximate surface area is 145 Å². The molecule has 0 saturated carbocycles. The molecule has 2 rings (SSSR count). The summed E-state index contributed by atoms with van der Waals surface area (Å²) in [7, 11) is 3.10. The van der Waals surface area contributed by atoms with E-state index in [0.29, 0.717) is 22.8 Å². The SMILES string of the molecule is COc1ccc(/C=N/NC(=O)COc2ccc(C#N)cc2)cc1OC. The number of carbonyl (C=O) groups excluding carboxylic acids is 1. The van der Waals surface area contributed by atoms with Gasteiger partial charge in [0.2, 0.25) is 0 Å². The molecular weight excluding hydrogens is 322 g/mol. The molecule has 128 valence electrons. The minimum absolute atomic E-state index is 0.185. The van der Waals surface area contributed by atoms with Crippen LogP contribution >= 0.6 is 0 Å². The quantitative estimate of drug-likeness (QED) is 0.616. The molecule has 25 heavy (non-hydrogen) atoms. The highest BCUT2D eigenvalue weighted by Crippen LogP contribution is 2.26. The Kier molecular flexibility index (Phi) is 6.37. The monoisotopic (exact) mass is 339 g/mol. The van der Waals surface area contributed by atoms with E-state index >= 15 is 0 Å². The molecule has 0 bridgehead atoms. The van der Waals surface area contributed by atoms with E-state index in [2.05, 4.69) is 10.5 Å². The first kappa shape index (κ1) is 17.8. The molecule has 7 heteroatoms. The minimum atomic E-state index is -0.402. The maximum Gasteiger partial charge on any atom is 0.277 e. The van der Waals surface area contributed by atoms with Crippen LogP contribution in [0.15, 0.2) is 47.6 Å². The first-order valence-corrected chi connectivity index (χ1v) is 7.33. The molecule has 0 unspecified atom stereocenters. The van der Waals surface area contributed by atoms with Crippen molar-refractivity contribution in [2.45, 2.75) is 0 Å². The fourth-order valence-electron chi connectivity index (χ4n) is 1.92. The van der Waals surface area contributed by atoms with Gasteiger partial charge >= 0.3 is 0 Å². The third kappa shape index (κ3) is 5.25. The largest absolute Gasteiger partial charge is 0.493 e. The van der Waals surface area contributed by atoms with Gasteiger partial charge in [0, 0.05) is 0 Å². The summed E-state index contributed by atoms with van der Waals surface area (Å²) in [5.41, 5.74) is 3.64. The first-order valence-electron chi connectivity index (χ1n) is 7.33. The van der Waals surface area contributed by atoms with E-state index in [0.717, 1.165) is 5.56 Å². The molecule has 2 aromatic rings. The Hall–Kier alpha value is -3.53. The Morgan fingerprint density at radius 2 is 1.88 bits per heavy atom. The summed E-state index contributed by atoms with van der Waals surface area (Å²) in [6.45, 7) is -0.185. The van der Waals surface area contributed by atoms with Crippen LogP contribution in [0.2, 0.25) is 0 Å². The maximum atomic E-state index is 11.7. The second-order valence-electron chi connectivity index (χ2n) is 4.83. The zero-order valence-corrected chi connectivity index (χ0v) is 13.9. The number of nitriles is 1. The van der Waals surface area contributed by atoms with Crippen LogP contribution in [0.5, 0.6) is 17.2 Å². The van der Waals surface area contributed by atoms with E-state index in [1.807, 2.05) is 6.07 Å². The topological polar surface area (TPSA) is 92.9 Å². The van der Waals surface area contributed by atoms with Crippen LogP contribution in [0.3, 0.4) is 0 Å². The lowest BCUT2D eigenvalue weighted by Gasteiger charge is -2.07. The third-order valence-corrected chi connectivity index (χ3v) is 3.16. The zero-order valence-electron chi connectivity index (χ0n) is 13.9. The van der Waals surface area contributed by atoms with Gasteiger partial charge in [0.25, 0.3) is 5.91 Å². The number of rotatable bonds is 7. The average molecular weight is 339 g/mol. The average Bonchev–Trinajstić information content (AvgIpc) is 2.66. The predicted octanol–water partition coefficient (Wildman–Crippen LogP) is 2.10. The molecule has 2 aromatic carbocycles. The smallest absolute Gasteiger partial charge is 0.277 e. The van der Waals surface area contributed by atoms with Crippen LogP contribution in [0, 0.1) is 11.3 Å². The molecule has 1 N–H and O–H groups in total. The molecule has 0 heterocycles. The Morgan fingerprint density at radius 1 is 1.16 bits per heavy atom. The van der Waals surface area contributed by atoms with Gasteiger partial charge in [-0.15, -0.1) is 0 Å². The van der Waals surface area contributed by atoms with Crippen LogP contribution in [0.1, 0.15) is 11.1 Å². The number of hydrogen-bond donors (Lipinski definition) is 1. The summed E-state index contributed by atoms with van der Waals surface area (Å²) in [5.74, 6) is 1.28. The molecule has 0 radical (unpaired) electrons. The maximum absolute atomic E-state index is 11.7. The molecule has 0 aliphatic rings. The van der Waals surface area contributed by atoms with Crippen molar-refractivity contribution in [2.75, 3.05) is 20.8 Å². The first-order chi connectivity index (χ1) is 12.2. The van der Waals surface area contributed by atoms with E-state index in [9.17, 15) is 4.79 Å². The van der Waals surface area contributed by atoms with Crippen molar-refractivity contribution in [3.05, 3.63) is 53.6 Å². The molecule has 0 aliphatic heterocycles. The molecule has 0 saturated heterocycles.